The van der Waals surface area contributed by atoms with Gasteiger partial charge in [-0.15, -0.1) is 0 Å². The second-order valence-electron chi connectivity index (χ2n) is 4.30. The van der Waals surface area contributed by atoms with Crippen molar-refractivity contribution >= 4 is 37.6 Å². The molecule has 19 heavy (non-hydrogen) atoms. The highest BCUT2D eigenvalue weighted by molar-refractivity contribution is 9.10. The van der Waals surface area contributed by atoms with Crippen LogP contribution < -0.4 is 0 Å². The van der Waals surface area contributed by atoms with Gasteiger partial charge in [-0.3, -0.25) is 4.79 Å². The van der Waals surface area contributed by atoms with Crippen molar-refractivity contribution in [3.63, 3.8) is 0 Å². The SMILES string of the molecule is Cc1ccc(C(=O)Cc2ccc(Br)cc2F)cc1Br. The van der Waals surface area contributed by atoms with Gasteiger partial charge < -0.3 is 0 Å². The molecule has 0 saturated heterocycles. The van der Waals surface area contributed by atoms with Crippen molar-refractivity contribution in [1.82, 2.24) is 0 Å². The van der Waals surface area contributed by atoms with Crippen LogP contribution in [0.1, 0.15) is 21.5 Å². The van der Waals surface area contributed by atoms with Crippen molar-refractivity contribution < 1.29 is 9.18 Å². The molecule has 0 spiro atoms. The van der Waals surface area contributed by atoms with Crippen molar-refractivity contribution in [2.24, 2.45) is 0 Å². The Morgan fingerprint density at radius 3 is 2.53 bits per heavy atom. The third kappa shape index (κ3) is 3.51. The Morgan fingerprint density at radius 1 is 1.16 bits per heavy atom. The third-order valence-corrected chi connectivity index (χ3v) is 4.21. The van der Waals surface area contributed by atoms with Gasteiger partial charge in [-0.1, -0.05) is 50.1 Å². The minimum Gasteiger partial charge on any atom is -0.294 e. The summed E-state index contributed by atoms with van der Waals surface area (Å²) in [6, 6.07) is 10.1. The molecule has 0 heterocycles. The van der Waals surface area contributed by atoms with E-state index < -0.39 is 0 Å². The molecule has 0 aromatic heterocycles. The molecule has 0 fully saturated rings. The van der Waals surface area contributed by atoms with Gasteiger partial charge >= 0.3 is 0 Å². The van der Waals surface area contributed by atoms with Crippen LogP contribution >= 0.6 is 31.9 Å². The number of ketones is 1. The van der Waals surface area contributed by atoms with E-state index in [1.54, 1.807) is 24.3 Å². The summed E-state index contributed by atoms with van der Waals surface area (Å²) in [4.78, 5) is 12.1. The zero-order valence-electron chi connectivity index (χ0n) is 10.2. The van der Waals surface area contributed by atoms with Gasteiger partial charge in [0.05, 0.1) is 0 Å². The van der Waals surface area contributed by atoms with Crippen molar-refractivity contribution in [3.8, 4) is 0 Å². The van der Waals surface area contributed by atoms with Crippen LogP contribution in [0.2, 0.25) is 0 Å². The Bertz CT molecular complexity index is 638. The standard InChI is InChI=1S/C15H11Br2FO/c1-9-2-3-11(6-13(9)17)15(19)7-10-4-5-12(16)8-14(10)18/h2-6,8H,7H2,1H3. The molecule has 0 saturated carbocycles. The van der Waals surface area contributed by atoms with Gasteiger partial charge in [0.15, 0.2) is 5.78 Å². The van der Waals surface area contributed by atoms with Crippen LogP contribution in [-0.2, 0) is 6.42 Å². The highest BCUT2D eigenvalue weighted by Gasteiger charge is 2.11. The lowest BCUT2D eigenvalue weighted by Crippen LogP contribution is -2.05. The van der Waals surface area contributed by atoms with E-state index in [1.165, 1.54) is 6.07 Å². The largest absolute Gasteiger partial charge is 0.294 e. The number of hydrogen-bond donors (Lipinski definition) is 0. The number of halogens is 3. The first-order valence-corrected chi connectivity index (χ1v) is 7.29. The Morgan fingerprint density at radius 2 is 1.89 bits per heavy atom. The molecule has 1 nitrogen and oxygen atoms in total. The van der Waals surface area contributed by atoms with E-state index in [4.69, 9.17) is 0 Å². The first-order chi connectivity index (χ1) is 8.97. The average molecular weight is 386 g/mol. The van der Waals surface area contributed by atoms with E-state index in [0.717, 1.165) is 10.0 Å². The number of hydrogen-bond acceptors (Lipinski definition) is 1. The molecule has 0 aliphatic rings. The lowest BCUT2D eigenvalue weighted by Gasteiger charge is -2.05. The zero-order chi connectivity index (χ0) is 14.0. The molecule has 0 bridgehead atoms. The van der Waals surface area contributed by atoms with Crippen molar-refractivity contribution in [2.75, 3.05) is 0 Å². The highest BCUT2D eigenvalue weighted by atomic mass is 79.9. The summed E-state index contributed by atoms with van der Waals surface area (Å²) >= 11 is 6.59. The second-order valence-corrected chi connectivity index (χ2v) is 6.07. The van der Waals surface area contributed by atoms with E-state index in [2.05, 4.69) is 31.9 Å². The van der Waals surface area contributed by atoms with Crippen molar-refractivity contribution in [2.45, 2.75) is 13.3 Å². The molecule has 2 aromatic carbocycles. The van der Waals surface area contributed by atoms with Gasteiger partial charge in [0.1, 0.15) is 5.82 Å². The second kappa shape index (κ2) is 5.97. The lowest BCUT2D eigenvalue weighted by atomic mass is 10.0. The van der Waals surface area contributed by atoms with Gasteiger partial charge in [-0.2, -0.15) is 0 Å². The minimum atomic E-state index is -0.367. The highest BCUT2D eigenvalue weighted by Crippen LogP contribution is 2.20. The fraction of sp³-hybridized carbons (Fsp3) is 0.133. The average Bonchev–Trinajstić information content (AvgIpc) is 2.36. The summed E-state index contributed by atoms with van der Waals surface area (Å²) in [5, 5.41) is 0. The molecule has 0 atom stereocenters. The van der Waals surface area contributed by atoms with Gasteiger partial charge in [0.2, 0.25) is 0 Å². The van der Waals surface area contributed by atoms with Gasteiger partial charge in [-0.05, 0) is 36.2 Å². The molecule has 0 N–H and O–H groups in total. The summed E-state index contributed by atoms with van der Waals surface area (Å²) in [6.07, 6.45) is 0.0641. The van der Waals surface area contributed by atoms with Gasteiger partial charge in [-0.25, -0.2) is 4.39 Å². The van der Waals surface area contributed by atoms with E-state index >= 15 is 0 Å². The maximum Gasteiger partial charge on any atom is 0.167 e. The van der Waals surface area contributed by atoms with Crippen LogP contribution in [0.5, 0.6) is 0 Å². The molecule has 2 aromatic rings. The predicted octanol–water partition coefficient (Wildman–Crippen LogP) is 5.08. The molecule has 0 aliphatic carbocycles. The summed E-state index contributed by atoms with van der Waals surface area (Å²) in [6.45, 7) is 1.95. The number of aryl methyl sites for hydroxylation is 1. The summed E-state index contributed by atoms with van der Waals surface area (Å²) in [7, 11) is 0. The molecular formula is C15H11Br2FO. The van der Waals surface area contributed by atoms with Crippen LogP contribution in [0.4, 0.5) is 4.39 Å². The molecule has 0 unspecified atom stereocenters. The Kier molecular flexibility index (Phi) is 4.53. The molecule has 2 rings (SSSR count). The van der Waals surface area contributed by atoms with E-state index in [-0.39, 0.29) is 18.0 Å². The number of carbonyl (C=O) groups is 1. The number of carbonyl (C=O) groups excluding carboxylic acids is 1. The predicted molar refractivity (Wildman–Crippen MR) is 81.0 cm³/mol. The Balaban J connectivity index is 2.23. The quantitative estimate of drug-likeness (QED) is 0.673. The summed E-state index contributed by atoms with van der Waals surface area (Å²) < 4.78 is 15.2. The van der Waals surface area contributed by atoms with Crippen molar-refractivity contribution in [3.05, 3.63) is 67.9 Å². The van der Waals surface area contributed by atoms with E-state index in [1.807, 2.05) is 13.0 Å². The number of benzene rings is 2. The maximum atomic E-state index is 13.7. The van der Waals surface area contributed by atoms with Gasteiger partial charge in [0.25, 0.3) is 0 Å². The molecular weight excluding hydrogens is 375 g/mol. The van der Waals surface area contributed by atoms with Crippen molar-refractivity contribution in [1.29, 1.82) is 0 Å². The Hall–Kier alpha value is -1.00. The van der Waals surface area contributed by atoms with Crippen LogP contribution in [0.15, 0.2) is 45.3 Å². The fourth-order valence-corrected chi connectivity index (χ4v) is 2.42. The van der Waals surface area contributed by atoms with E-state index in [9.17, 15) is 9.18 Å². The van der Waals surface area contributed by atoms with Crippen LogP contribution in [0.25, 0.3) is 0 Å². The smallest absolute Gasteiger partial charge is 0.167 e. The molecule has 4 heteroatoms. The topological polar surface area (TPSA) is 17.1 Å². The van der Waals surface area contributed by atoms with Crippen LogP contribution in [0.3, 0.4) is 0 Å². The van der Waals surface area contributed by atoms with Gasteiger partial charge in [0, 0.05) is 20.9 Å². The minimum absolute atomic E-state index is 0.0641. The third-order valence-electron chi connectivity index (χ3n) is 2.86. The first kappa shape index (κ1) is 14.4. The lowest BCUT2D eigenvalue weighted by molar-refractivity contribution is 0.0992. The fourth-order valence-electron chi connectivity index (χ4n) is 1.71. The Labute approximate surface area is 128 Å². The molecule has 0 radical (unpaired) electrons. The summed E-state index contributed by atoms with van der Waals surface area (Å²) in [5.74, 6) is -0.462. The zero-order valence-corrected chi connectivity index (χ0v) is 13.4. The maximum absolute atomic E-state index is 13.7. The monoisotopic (exact) mass is 384 g/mol. The molecule has 98 valence electrons. The van der Waals surface area contributed by atoms with E-state index in [0.29, 0.717) is 15.6 Å². The number of Topliss-reactive ketones (excluding diaryl/α,β-unsaturated/α-hetero) is 1. The van der Waals surface area contributed by atoms with Crippen LogP contribution in [0, 0.1) is 12.7 Å². The molecule has 0 amide bonds. The summed E-state index contributed by atoms with van der Waals surface area (Å²) in [5.41, 5.74) is 2.05. The van der Waals surface area contributed by atoms with Crippen LogP contribution in [-0.4, -0.2) is 5.78 Å². The normalized spacial score (nSPS) is 10.5. The molecule has 0 aliphatic heterocycles. The first-order valence-electron chi connectivity index (χ1n) is 5.70. The number of rotatable bonds is 3.